The number of pyridine rings is 1. The third kappa shape index (κ3) is 2.75. The predicted molar refractivity (Wildman–Crippen MR) is 75.4 cm³/mol. The molecule has 17 heavy (non-hydrogen) atoms. The van der Waals surface area contributed by atoms with Gasteiger partial charge in [-0.2, -0.15) is 0 Å². The van der Waals surface area contributed by atoms with Crippen LogP contribution < -0.4 is 10.6 Å². The maximum absolute atomic E-state index is 5.72. The van der Waals surface area contributed by atoms with Gasteiger partial charge in [0.2, 0.25) is 0 Å². The number of thiocarbonyl (C=S) groups is 1. The maximum atomic E-state index is 5.72. The standard InChI is InChI=1S/C13H19N3S/c1-13(2)5-8-16(9-6-13)10-4-3-7-15-11(10)12(14)17/h3-4,7H,5-6,8-9H2,1-2H3,(H2,14,17). The fraction of sp³-hybridized carbons (Fsp3) is 0.538. The Kier molecular flexibility index (Phi) is 3.33. The van der Waals surface area contributed by atoms with Crippen molar-refractivity contribution >= 4 is 22.9 Å². The largest absolute Gasteiger partial charge is 0.388 e. The smallest absolute Gasteiger partial charge is 0.124 e. The summed E-state index contributed by atoms with van der Waals surface area (Å²) in [5.74, 6) is 0. The van der Waals surface area contributed by atoms with E-state index in [4.69, 9.17) is 18.0 Å². The van der Waals surface area contributed by atoms with E-state index in [1.165, 1.54) is 12.8 Å². The van der Waals surface area contributed by atoms with E-state index in [1.807, 2.05) is 6.07 Å². The van der Waals surface area contributed by atoms with Crippen LogP contribution >= 0.6 is 12.2 Å². The number of hydrogen-bond donors (Lipinski definition) is 1. The molecule has 0 aromatic carbocycles. The first-order chi connectivity index (χ1) is 7.99. The SMILES string of the molecule is CC1(C)CCN(c2cccnc2C(N)=S)CC1. The van der Waals surface area contributed by atoms with Gasteiger partial charge in [-0.25, -0.2) is 0 Å². The number of anilines is 1. The molecule has 0 bridgehead atoms. The molecule has 0 saturated carbocycles. The first-order valence-electron chi connectivity index (χ1n) is 5.99. The Balaban J connectivity index is 2.21. The summed E-state index contributed by atoms with van der Waals surface area (Å²) in [4.78, 5) is 7.00. The van der Waals surface area contributed by atoms with Crippen LogP contribution in [0.25, 0.3) is 0 Å². The molecule has 92 valence electrons. The highest BCUT2D eigenvalue weighted by molar-refractivity contribution is 7.80. The third-order valence-electron chi connectivity index (χ3n) is 3.48. The number of hydrogen-bond acceptors (Lipinski definition) is 3. The Hall–Kier alpha value is -1.16. The summed E-state index contributed by atoms with van der Waals surface area (Å²) in [5, 5.41) is 0. The van der Waals surface area contributed by atoms with E-state index in [-0.39, 0.29) is 0 Å². The average molecular weight is 249 g/mol. The van der Waals surface area contributed by atoms with Crippen molar-refractivity contribution in [3.05, 3.63) is 24.0 Å². The maximum Gasteiger partial charge on any atom is 0.124 e. The molecule has 0 radical (unpaired) electrons. The van der Waals surface area contributed by atoms with E-state index in [0.29, 0.717) is 10.4 Å². The normalized spacial score (nSPS) is 19.1. The Labute approximate surface area is 108 Å². The van der Waals surface area contributed by atoms with Crippen LogP contribution in [0.1, 0.15) is 32.4 Å². The summed E-state index contributed by atoms with van der Waals surface area (Å²) >= 11 is 5.05. The van der Waals surface area contributed by atoms with Crippen LogP contribution in [0.5, 0.6) is 0 Å². The Bertz CT molecular complexity index is 418. The molecule has 0 amide bonds. The van der Waals surface area contributed by atoms with Crippen molar-refractivity contribution < 1.29 is 0 Å². The number of rotatable bonds is 2. The van der Waals surface area contributed by atoms with Crippen LogP contribution in [0, 0.1) is 5.41 Å². The zero-order chi connectivity index (χ0) is 12.5. The number of nitrogens with zero attached hydrogens (tertiary/aromatic N) is 2. The summed E-state index contributed by atoms with van der Waals surface area (Å²) in [6.45, 7) is 6.74. The van der Waals surface area contributed by atoms with Crippen molar-refractivity contribution in [3.8, 4) is 0 Å². The highest BCUT2D eigenvalue weighted by Crippen LogP contribution is 2.32. The van der Waals surface area contributed by atoms with E-state index in [2.05, 4.69) is 29.8 Å². The van der Waals surface area contributed by atoms with Crippen molar-refractivity contribution in [1.29, 1.82) is 0 Å². The van der Waals surface area contributed by atoms with Gasteiger partial charge in [0.05, 0.1) is 5.69 Å². The fourth-order valence-corrected chi connectivity index (χ4v) is 2.35. The topological polar surface area (TPSA) is 42.2 Å². The lowest BCUT2D eigenvalue weighted by Crippen LogP contribution is -2.38. The molecule has 0 aliphatic carbocycles. The van der Waals surface area contributed by atoms with Gasteiger partial charge in [0, 0.05) is 19.3 Å². The van der Waals surface area contributed by atoms with Crippen LogP contribution in [-0.2, 0) is 0 Å². The zero-order valence-electron chi connectivity index (χ0n) is 10.4. The summed E-state index contributed by atoms with van der Waals surface area (Å²) in [6, 6.07) is 4.00. The minimum absolute atomic E-state index is 0.380. The lowest BCUT2D eigenvalue weighted by molar-refractivity contribution is 0.279. The summed E-state index contributed by atoms with van der Waals surface area (Å²) in [5.41, 5.74) is 7.99. The van der Waals surface area contributed by atoms with E-state index in [9.17, 15) is 0 Å². The van der Waals surface area contributed by atoms with Gasteiger partial charge in [-0.1, -0.05) is 26.1 Å². The molecule has 1 aromatic rings. The second kappa shape index (κ2) is 4.61. The van der Waals surface area contributed by atoms with Gasteiger partial charge in [0.25, 0.3) is 0 Å². The van der Waals surface area contributed by atoms with Crippen molar-refractivity contribution in [1.82, 2.24) is 4.98 Å². The second-order valence-corrected chi connectivity index (χ2v) is 5.83. The van der Waals surface area contributed by atoms with Gasteiger partial charge in [0.1, 0.15) is 10.7 Å². The van der Waals surface area contributed by atoms with Crippen LogP contribution in [0.4, 0.5) is 5.69 Å². The lowest BCUT2D eigenvalue weighted by Gasteiger charge is -2.38. The van der Waals surface area contributed by atoms with Crippen LogP contribution in [0.3, 0.4) is 0 Å². The van der Waals surface area contributed by atoms with E-state index >= 15 is 0 Å². The minimum atomic E-state index is 0.380. The molecule has 1 aliphatic heterocycles. The Morgan fingerprint density at radius 2 is 2.06 bits per heavy atom. The third-order valence-corrected chi connectivity index (χ3v) is 3.67. The Morgan fingerprint density at radius 1 is 1.41 bits per heavy atom. The molecule has 3 nitrogen and oxygen atoms in total. The molecular formula is C13H19N3S. The van der Waals surface area contributed by atoms with Gasteiger partial charge in [-0.05, 0) is 30.4 Å². The Morgan fingerprint density at radius 3 is 2.65 bits per heavy atom. The van der Waals surface area contributed by atoms with Crippen LogP contribution in [0.2, 0.25) is 0 Å². The van der Waals surface area contributed by atoms with Gasteiger partial charge >= 0.3 is 0 Å². The first-order valence-corrected chi connectivity index (χ1v) is 6.40. The average Bonchev–Trinajstić information content (AvgIpc) is 2.29. The van der Waals surface area contributed by atoms with Crippen molar-refractivity contribution in [2.45, 2.75) is 26.7 Å². The molecule has 1 saturated heterocycles. The molecule has 1 fully saturated rings. The molecule has 1 aliphatic rings. The van der Waals surface area contributed by atoms with Gasteiger partial charge < -0.3 is 10.6 Å². The summed E-state index contributed by atoms with van der Waals surface area (Å²) < 4.78 is 0. The lowest BCUT2D eigenvalue weighted by atomic mass is 9.82. The van der Waals surface area contributed by atoms with E-state index in [0.717, 1.165) is 24.5 Å². The second-order valence-electron chi connectivity index (χ2n) is 5.39. The van der Waals surface area contributed by atoms with Gasteiger partial charge in [0.15, 0.2) is 0 Å². The molecule has 4 heteroatoms. The first kappa shape index (κ1) is 12.3. The van der Waals surface area contributed by atoms with Gasteiger partial charge in [-0.3, -0.25) is 4.98 Å². The quantitative estimate of drug-likeness (QED) is 0.817. The molecular weight excluding hydrogens is 230 g/mol. The van der Waals surface area contributed by atoms with E-state index < -0.39 is 0 Å². The zero-order valence-corrected chi connectivity index (χ0v) is 11.3. The number of aromatic nitrogens is 1. The van der Waals surface area contributed by atoms with Crippen molar-refractivity contribution in [2.24, 2.45) is 11.1 Å². The van der Waals surface area contributed by atoms with Crippen molar-refractivity contribution in [2.75, 3.05) is 18.0 Å². The molecule has 2 heterocycles. The van der Waals surface area contributed by atoms with Crippen molar-refractivity contribution in [3.63, 3.8) is 0 Å². The van der Waals surface area contributed by atoms with Crippen LogP contribution in [-0.4, -0.2) is 23.1 Å². The molecule has 0 unspecified atom stereocenters. The van der Waals surface area contributed by atoms with Crippen LogP contribution in [0.15, 0.2) is 18.3 Å². The highest BCUT2D eigenvalue weighted by Gasteiger charge is 2.26. The number of piperidine rings is 1. The number of nitrogens with two attached hydrogens (primary N) is 1. The highest BCUT2D eigenvalue weighted by atomic mass is 32.1. The summed E-state index contributed by atoms with van der Waals surface area (Å²) in [6.07, 6.45) is 4.13. The molecule has 2 N–H and O–H groups in total. The van der Waals surface area contributed by atoms with Gasteiger partial charge in [-0.15, -0.1) is 0 Å². The molecule has 0 atom stereocenters. The predicted octanol–water partition coefficient (Wildman–Crippen LogP) is 2.34. The minimum Gasteiger partial charge on any atom is -0.388 e. The molecule has 0 spiro atoms. The molecule has 2 rings (SSSR count). The monoisotopic (exact) mass is 249 g/mol. The summed E-state index contributed by atoms with van der Waals surface area (Å²) in [7, 11) is 0. The van der Waals surface area contributed by atoms with E-state index in [1.54, 1.807) is 6.20 Å². The molecule has 1 aromatic heterocycles. The fourth-order valence-electron chi connectivity index (χ4n) is 2.19.